The molecule has 1 aromatic heterocycles. The standard InChI is InChI=1S/C27H32BrN3OS/c1-4-31(5-2)25-16-26(32-3)22(15-23(25)28)17-29-27-30-24(18-33-27)21-13-11-20(12-14-21)19-9-7-6-8-10-19/h11-19H,4-10H2,1-3H3. The molecular formula is C27H32BrN3OS. The Morgan fingerprint density at radius 3 is 2.52 bits per heavy atom. The van der Waals surface area contributed by atoms with Crippen LogP contribution in [0.2, 0.25) is 0 Å². The lowest BCUT2D eigenvalue weighted by Gasteiger charge is -2.23. The van der Waals surface area contributed by atoms with E-state index in [1.165, 1.54) is 37.7 Å². The Kier molecular flexibility index (Phi) is 8.20. The lowest BCUT2D eigenvalue weighted by Crippen LogP contribution is -2.22. The van der Waals surface area contributed by atoms with Gasteiger partial charge in [0.2, 0.25) is 5.13 Å². The van der Waals surface area contributed by atoms with Crippen LogP contribution < -0.4 is 9.64 Å². The fourth-order valence-corrected chi connectivity index (χ4v) is 5.87. The number of hydrogen-bond donors (Lipinski definition) is 0. The third-order valence-electron chi connectivity index (χ3n) is 6.49. The fraction of sp³-hybridized carbons (Fsp3) is 0.407. The van der Waals surface area contributed by atoms with Crippen LogP contribution in [0.25, 0.3) is 11.3 Å². The van der Waals surface area contributed by atoms with Gasteiger partial charge in [-0.3, -0.25) is 0 Å². The first-order valence-corrected chi connectivity index (χ1v) is 13.5. The van der Waals surface area contributed by atoms with Crippen molar-refractivity contribution in [3.05, 3.63) is 57.4 Å². The monoisotopic (exact) mass is 525 g/mol. The molecule has 33 heavy (non-hydrogen) atoms. The van der Waals surface area contributed by atoms with Gasteiger partial charge in [-0.05, 0) is 60.2 Å². The molecule has 0 saturated heterocycles. The van der Waals surface area contributed by atoms with Crippen molar-refractivity contribution in [2.45, 2.75) is 51.9 Å². The zero-order valence-corrected chi connectivity index (χ0v) is 22.1. The number of nitrogens with zero attached hydrogens (tertiary/aromatic N) is 3. The Bertz CT molecular complexity index is 1080. The third-order valence-corrected chi connectivity index (χ3v) is 7.88. The average Bonchev–Trinajstić information content (AvgIpc) is 3.34. The van der Waals surface area contributed by atoms with E-state index in [0.717, 1.165) is 56.9 Å². The molecule has 3 aromatic rings. The molecule has 0 unspecified atom stereocenters. The summed E-state index contributed by atoms with van der Waals surface area (Å²) in [7, 11) is 1.70. The second-order valence-electron chi connectivity index (χ2n) is 8.45. The van der Waals surface area contributed by atoms with Gasteiger partial charge in [0.1, 0.15) is 5.75 Å². The minimum Gasteiger partial charge on any atom is -0.496 e. The fourth-order valence-electron chi connectivity index (χ4n) is 4.59. The number of anilines is 1. The molecule has 0 radical (unpaired) electrons. The highest BCUT2D eigenvalue weighted by atomic mass is 79.9. The molecule has 0 spiro atoms. The summed E-state index contributed by atoms with van der Waals surface area (Å²) in [6.07, 6.45) is 8.59. The van der Waals surface area contributed by atoms with E-state index in [-0.39, 0.29) is 0 Å². The Morgan fingerprint density at radius 1 is 1.12 bits per heavy atom. The van der Waals surface area contributed by atoms with Gasteiger partial charge in [-0.25, -0.2) is 9.98 Å². The van der Waals surface area contributed by atoms with Crippen molar-refractivity contribution in [2.75, 3.05) is 25.1 Å². The first kappa shape index (κ1) is 24.0. The maximum Gasteiger partial charge on any atom is 0.209 e. The molecule has 4 rings (SSSR count). The average molecular weight is 527 g/mol. The maximum absolute atomic E-state index is 5.65. The van der Waals surface area contributed by atoms with Crippen LogP contribution in [-0.2, 0) is 0 Å². The SMILES string of the molecule is CCN(CC)c1cc(OC)c(C=Nc2nc(-c3ccc(C4CCCCC4)cc3)cs2)cc1Br. The van der Waals surface area contributed by atoms with Crippen LogP contribution in [0.3, 0.4) is 0 Å². The molecule has 1 heterocycles. The molecule has 0 aliphatic heterocycles. The number of benzene rings is 2. The summed E-state index contributed by atoms with van der Waals surface area (Å²) in [5.74, 6) is 1.53. The van der Waals surface area contributed by atoms with Gasteiger partial charge in [-0.2, -0.15) is 0 Å². The summed E-state index contributed by atoms with van der Waals surface area (Å²) >= 11 is 5.28. The number of ether oxygens (including phenoxy) is 1. The van der Waals surface area contributed by atoms with Crippen LogP contribution in [-0.4, -0.2) is 31.4 Å². The van der Waals surface area contributed by atoms with Crippen molar-refractivity contribution >= 4 is 44.3 Å². The van der Waals surface area contributed by atoms with E-state index in [2.05, 4.69) is 81.4 Å². The molecule has 1 fully saturated rings. The summed E-state index contributed by atoms with van der Waals surface area (Å²) in [5, 5.41) is 2.83. The van der Waals surface area contributed by atoms with Crippen molar-refractivity contribution < 1.29 is 4.74 Å². The number of rotatable bonds is 8. The van der Waals surface area contributed by atoms with Crippen molar-refractivity contribution in [1.82, 2.24) is 4.98 Å². The predicted octanol–water partition coefficient (Wildman–Crippen LogP) is 8.23. The highest BCUT2D eigenvalue weighted by Crippen LogP contribution is 2.35. The van der Waals surface area contributed by atoms with Crippen LogP contribution >= 0.6 is 27.3 Å². The summed E-state index contributed by atoms with van der Waals surface area (Å²) in [5.41, 5.74) is 5.65. The summed E-state index contributed by atoms with van der Waals surface area (Å²) in [6.45, 7) is 6.19. The number of thiazole rings is 1. The zero-order chi connectivity index (χ0) is 23.2. The molecule has 1 aliphatic carbocycles. The van der Waals surface area contributed by atoms with E-state index >= 15 is 0 Å². The number of hydrogen-bond acceptors (Lipinski definition) is 5. The Hall–Kier alpha value is -2.18. The Labute approximate surface area is 209 Å². The van der Waals surface area contributed by atoms with Crippen molar-refractivity contribution in [1.29, 1.82) is 0 Å². The van der Waals surface area contributed by atoms with E-state index in [1.54, 1.807) is 18.4 Å². The van der Waals surface area contributed by atoms with E-state index in [0.29, 0.717) is 0 Å². The Balaban J connectivity index is 1.50. The highest BCUT2D eigenvalue weighted by Gasteiger charge is 2.16. The van der Waals surface area contributed by atoms with Gasteiger partial charge >= 0.3 is 0 Å². The first-order valence-electron chi connectivity index (χ1n) is 11.8. The number of aromatic nitrogens is 1. The highest BCUT2D eigenvalue weighted by molar-refractivity contribution is 9.10. The van der Waals surface area contributed by atoms with Crippen LogP contribution in [0.1, 0.15) is 63.0 Å². The minimum absolute atomic E-state index is 0.728. The maximum atomic E-state index is 5.65. The molecular weight excluding hydrogens is 494 g/mol. The number of aliphatic imine (C=N–C) groups is 1. The predicted molar refractivity (Wildman–Crippen MR) is 145 cm³/mol. The molecule has 1 saturated carbocycles. The molecule has 0 amide bonds. The molecule has 0 atom stereocenters. The van der Waals surface area contributed by atoms with Crippen LogP contribution in [0, 0.1) is 0 Å². The largest absolute Gasteiger partial charge is 0.496 e. The number of halogens is 1. The van der Waals surface area contributed by atoms with Crippen molar-refractivity contribution in [2.24, 2.45) is 4.99 Å². The molecule has 0 N–H and O–H groups in total. The topological polar surface area (TPSA) is 37.7 Å². The van der Waals surface area contributed by atoms with Crippen molar-refractivity contribution in [3.8, 4) is 17.0 Å². The van der Waals surface area contributed by atoms with Gasteiger partial charge < -0.3 is 9.64 Å². The second kappa shape index (κ2) is 11.3. The third kappa shape index (κ3) is 5.67. The summed E-state index contributed by atoms with van der Waals surface area (Å²) in [4.78, 5) is 11.7. The quantitative estimate of drug-likeness (QED) is 0.278. The van der Waals surface area contributed by atoms with Crippen LogP contribution in [0.15, 0.2) is 51.2 Å². The second-order valence-corrected chi connectivity index (χ2v) is 10.1. The molecule has 6 heteroatoms. The first-order chi connectivity index (χ1) is 16.1. The summed E-state index contributed by atoms with van der Waals surface area (Å²) in [6, 6.07) is 13.1. The van der Waals surface area contributed by atoms with E-state index in [9.17, 15) is 0 Å². The van der Waals surface area contributed by atoms with Gasteiger partial charge in [0.15, 0.2) is 0 Å². The zero-order valence-electron chi connectivity index (χ0n) is 19.7. The van der Waals surface area contributed by atoms with Gasteiger partial charge in [-0.15, -0.1) is 11.3 Å². The molecule has 1 aliphatic rings. The molecule has 0 bridgehead atoms. The van der Waals surface area contributed by atoms with Crippen molar-refractivity contribution in [3.63, 3.8) is 0 Å². The van der Waals surface area contributed by atoms with Gasteiger partial charge in [-0.1, -0.05) is 43.5 Å². The number of methoxy groups -OCH3 is 1. The minimum atomic E-state index is 0.728. The molecule has 174 valence electrons. The van der Waals surface area contributed by atoms with Gasteiger partial charge in [0.05, 0.1) is 18.5 Å². The molecule has 2 aromatic carbocycles. The lowest BCUT2D eigenvalue weighted by atomic mass is 9.84. The smallest absolute Gasteiger partial charge is 0.209 e. The van der Waals surface area contributed by atoms with E-state index in [1.807, 2.05) is 6.21 Å². The van der Waals surface area contributed by atoms with E-state index < -0.39 is 0 Å². The van der Waals surface area contributed by atoms with Gasteiger partial charge in [0, 0.05) is 46.4 Å². The lowest BCUT2D eigenvalue weighted by molar-refractivity contribution is 0.414. The van der Waals surface area contributed by atoms with Crippen LogP contribution in [0.5, 0.6) is 5.75 Å². The van der Waals surface area contributed by atoms with Crippen LogP contribution in [0.4, 0.5) is 10.8 Å². The Morgan fingerprint density at radius 2 is 1.85 bits per heavy atom. The van der Waals surface area contributed by atoms with Gasteiger partial charge in [0.25, 0.3) is 0 Å². The molecule has 4 nitrogen and oxygen atoms in total. The normalized spacial score (nSPS) is 14.7. The van der Waals surface area contributed by atoms with E-state index in [4.69, 9.17) is 9.72 Å². The summed E-state index contributed by atoms with van der Waals surface area (Å²) < 4.78 is 6.68.